The van der Waals surface area contributed by atoms with Crippen molar-refractivity contribution in [3.63, 3.8) is 0 Å². The Kier molecular flexibility index (Phi) is 4.42. The first-order valence-corrected chi connectivity index (χ1v) is 9.15. The zero-order chi connectivity index (χ0) is 14.6. The molecule has 2 rings (SSSR count). The molecular weight excluding hydrogens is 288 g/mol. The molecule has 0 aromatic heterocycles. The molecule has 2 aromatic carbocycles. The van der Waals surface area contributed by atoms with Crippen molar-refractivity contribution in [3.05, 3.63) is 72.8 Å². The van der Waals surface area contributed by atoms with Gasteiger partial charge < -0.3 is 4.43 Å². The van der Waals surface area contributed by atoms with Crippen molar-refractivity contribution >= 4 is 35.0 Å². The van der Waals surface area contributed by atoms with Crippen LogP contribution in [0.15, 0.2) is 72.8 Å². The molecule has 0 bridgehead atoms. The molecule has 0 fully saturated rings. The highest BCUT2D eigenvalue weighted by Crippen LogP contribution is 2.14. The summed E-state index contributed by atoms with van der Waals surface area (Å²) in [4.78, 5) is 11.9. The van der Waals surface area contributed by atoms with Crippen LogP contribution in [0.3, 0.4) is 0 Å². The topological polar surface area (TPSA) is 26.3 Å². The van der Waals surface area contributed by atoms with Crippen LogP contribution < -0.4 is 10.4 Å². The molecule has 102 valence electrons. The van der Waals surface area contributed by atoms with Gasteiger partial charge >= 0.3 is 13.6 Å². The van der Waals surface area contributed by atoms with Crippen LogP contribution in [0.5, 0.6) is 0 Å². The monoisotopic (exact) mass is 302 g/mol. The second-order valence-electron chi connectivity index (χ2n) is 4.50. The van der Waals surface area contributed by atoms with Crippen molar-refractivity contribution in [3.8, 4) is 0 Å². The predicted molar refractivity (Wildman–Crippen MR) is 84.7 cm³/mol. The van der Waals surface area contributed by atoms with E-state index < -0.39 is 13.6 Å². The largest absolute Gasteiger partial charge is 0.493 e. The van der Waals surface area contributed by atoms with E-state index in [1.165, 1.54) is 0 Å². The minimum atomic E-state index is -3.07. The molecule has 0 aliphatic carbocycles. The van der Waals surface area contributed by atoms with Gasteiger partial charge in [0.2, 0.25) is 0 Å². The van der Waals surface area contributed by atoms with E-state index in [-0.39, 0.29) is 0 Å². The fourth-order valence-corrected chi connectivity index (χ4v) is 5.01. The number of rotatable bonds is 4. The summed E-state index contributed by atoms with van der Waals surface area (Å²) < 4.78 is 5.64. The van der Waals surface area contributed by atoms with E-state index in [2.05, 4.69) is 6.58 Å². The summed E-state index contributed by atoms with van der Waals surface area (Å²) in [6, 6.07) is 18.9. The Morgan fingerprint density at radius 3 is 1.75 bits per heavy atom. The molecule has 0 heterocycles. The molecule has 0 saturated heterocycles. The molecule has 0 saturated carbocycles. The number of hydrogen-bond donors (Lipinski definition) is 0. The Morgan fingerprint density at radius 1 is 1.00 bits per heavy atom. The van der Waals surface area contributed by atoms with Crippen molar-refractivity contribution in [1.82, 2.24) is 0 Å². The quantitative estimate of drug-likeness (QED) is 0.493. The Labute approximate surface area is 124 Å². The number of carbonyl (C=O) groups is 1. The van der Waals surface area contributed by atoms with Gasteiger partial charge in [0, 0.05) is 5.57 Å². The van der Waals surface area contributed by atoms with E-state index in [0.29, 0.717) is 5.57 Å². The number of halogens is 1. The highest BCUT2D eigenvalue weighted by molar-refractivity contribution is 7.31. The van der Waals surface area contributed by atoms with Gasteiger partial charge in [0.1, 0.15) is 0 Å². The van der Waals surface area contributed by atoms with Crippen LogP contribution >= 0.6 is 11.1 Å². The van der Waals surface area contributed by atoms with Gasteiger partial charge in [-0.15, -0.1) is 11.1 Å². The Bertz CT molecular complexity index is 571. The summed E-state index contributed by atoms with van der Waals surface area (Å²) in [5.41, 5.74) is 0.342. The van der Waals surface area contributed by atoms with E-state index in [4.69, 9.17) is 15.5 Å². The highest BCUT2D eigenvalue weighted by atomic mass is 35.6. The maximum absolute atomic E-state index is 11.9. The number of benzene rings is 2. The fraction of sp³-hybridized carbons (Fsp3) is 0.0625. The zero-order valence-corrected chi connectivity index (χ0v) is 12.9. The number of hydrogen-bond acceptors (Lipinski definition) is 2. The molecular formula is C16H15ClO2Si. The maximum Gasteiger partial charge on any atom is 0.416 e. The average molecular weight is 303 g/mol. The maximum atomic E-state index is 11.9. The standard InChI is InChI=1S/C16H15ClO2Si/c1-13(2)16(18)19-20(17,14-9-5-3-6-10-14)15-11-7-4-8-12-15/h3-12H,1H2,2H3. The summed E-state index contributed by atoms with van der Waals surface area (Å²) in [7, 11) is -3.07. The first-order chi connectivity index (χ1) is 9.54. The van der Waals surface area contributed by atoms with Crippen molar-refractivity contribution in [2.75, 3.05) is 0 Å². The van der Waals surface area contributed by atoms with E-state index in [1.807, 2.05) is 60.7 Å². The second kappa shape index (κ2) is 6.07. The minimum Gasteiger partial charge on any atom is -0.493 e. The van der Waals surface area contributed by atoms with Crippen molar-refractivity contribution < 1.29 is 9.22 Å². The van der Waals surface area contributed by atoms with Crippen LogP contribution in [0.25, 0.3) is 0 Å². The fourth-order valence-electron chi connectivity index (χ4n) is 1.80. The first kappa shape index (κ1) is 14.6. The van der Waals surface area contributed by atoms with E-state index in [0.717, 1.165) is 10.4 Å². The molecule has 2 aromatic rings. The summed E-state index contributed by atoms with van der Waals surface area (Å²) in [5, 5.41) is 1.67. The number of carbonyl (C=O) groups excluding carboxylic acids is 1. The van der Waals surface area contributed by atoms with Gasteiger partial charge in [0.25, 0.3) is 0 Å². The molecule has 4 heteroatoms. The lowest BCUT2D eigenvalue weighted by Gasteiger charge is -2.25. The van der Waals surface area contributed by atoms with Gasteiger partial charge in [0.15, 0.2) is 0 Å². The van der Waals surface area contributed by atoms with Crippen molar-refractivity contribution in [2.24, 2.45) is 0 Å². The third kappa shape index (κ3) is 3.00. The Morgan fingerprint density at radius 2 is 1.40 bits per heavy atom. The van der Waals surface area contributed by atoms with Gasteiger partial charge in [0.05, 0.1) is 0 Å². The smallest absolute Gasteiger partial charge is 0.416 e. The van der Waals surface area contributed by atoms with Crippen LogP contribution in [0.4, 0.5) is 0 Å². The van der Waals surface area contributed by atoms with Gasteiger partial charge in [-0.1, -0.05) is 67.2 Å². The summed E-state index contributed by atoms with van der Waals surface area (Å²) in [5.74, 6) is -0.459. The van der Waals surface area contributed by atoms with Crippen LogP contribution in [0.1, 0.15) is 6.92 Å². The third-order valence-electron chi connectivity index (χ3n) is 2.87. The second-order valence-corrected chi connectivity index (χ2v) is 8.64. The van der Waals surface area contributed by atoms with Gasteiger partial charge in [-0.3, -0.25) is 0 Å². The van der Waals surface area contributed by atoms with E-state index in [9.17, 15) is 4.79 Å². The van der Waals surface area contributed by atoms with Crippen molar-refractivity contribution in [2.45, 2.75) is 6.92 Å². The van der Waals surface area contributed by atoms with Gasteiger partial charge in [-0.25, -0.2) is 4.79 Å². The van der Waals surface area contributed by atoms with E-state index >= 15 is 0 Å². The Balaban J connectivity index is 2.49. The molecule has 0 unspecified atom stereocenters. The lowest BCUT2D eigenvalue weighted by atomic mass is 10.4. The van der Waals surface area contributed by atoms with Crippen LogP contribution in [-0.4, -0.2) is 13.6 Å². The molecule has 0 atom stereocenters. The highest BCUT2D eigenvalue weighted by Gasteiger charge is 2.41. The normalized spacial score (nSPS) is 10.9. The average Bonchev–Trinajstić information content (AvgIpc) is 2.48. The summed E-state index contributed by atoms with van der Waals surface area (Å²) in [6.07, 6.45) is 0. The zero-order valence-electron chi connectivity index (χ0n) is 11.2. The molecule has 0 spiro atoms. The minimum absolute atomic E-state index is 0.342. The molecule has 0 aliphatic heterocycles. The molecule has 0 N–H and O–H groups in total. The molecule has 0 radical (unpaired) electrons. The van der Waals surface area contributed by atoms with Crippen LogP contribution in [0, 0.1) is 0 Å². The first-order valence-electron chi connectivity index (χ1n) is 6.23. The molecule has 20 heavy (non-hydrogen) atoms. The lowest BCUT2D eigenvalue weighted by molar-refractivity contribution is -0.130. The Hall–Kier alpha value is -1.84. The van der Waals surface area contributed by atoms with Crippen molar-refractivity contribution in [1.29, 1.82) is 0 Å². The summed E-state index contributed by atoms with van der Waals surface area (Å²) >= 11 is 6.78. The van der Waals surface area contributed by atoms with Crippen LogP contribution in [0.2, 0.25) is 0 Å². The van der Waals surface area contributed by atoms with E-state index in [1.54, 1.807) is 6.92 Å². The predicted octanol–water partition coefficient (Wildman–Crippen LogP) is 2.60. The summed E-state index contributed by atoms with van der Waals surface area (Å²) in [6.45, 7) is 5.23. The molecule has 0 aliphatic rings. The van der Waals surface area contributed by atoms with Crippen LogP contribution in [-0.2, 0) is 9.22 Å². The molecule has 0 amide bonds. The lowest BCUT2D eigenvalue weighted by Crippen LogP contribution is -2.57. The third-order valence-corrected chi connectivity index (χ3v) is 7.03. The SMILES string of the molecule is C=C(C)C(=O)O[Si](Cl)(c1ccccc1)c1ccccc1. The van der Waals surface area contributed by atoms with Gasteiger partial charge in [-0.2, -0.15) is 0 Å². The van der Waals surface area contributed by atoms with Gasteiger partial charge in [-0.05, 0) is 17.3 Å². The molecule has 2 nitrogen and oxygen atoms in total.